The zero-order valence-corrected chi connectivity index (χ0v) is 14.6. The molecule has 0 atom stereocenters. The molecule has 3 rings (SSSR count). The molecule has 0 saturated carbocycles. The molecule has 0 radical (unpaired) electrons. The van der Waals surface area contributed by atoms with E-state index in [1.165, 1.54) is 0 Å². The Morgan fingerprint density at radius 1 is 1.40 bits per heavy atom. The number of hydrogen-bond acceptors (Lipinski definition) is 4. The number of hydrogen-bond donors (Lipinski definition) is 3. The zero-order valence-electron chi connectivity index (χ0n) is 14.6. The van der Waals surface area contributed by atoms with Crippen molar-refractivity contribution < 1.29 is 13.9 Å². The van der Waals surface area contributed by atoms with Crippen molar-refractivity contribution in [2.24, 2.45) is 0 Å². The Morgan fingerprint density at radius 3 is 3.00 bits per heavy atom. The Balaban J connectivity index is 1.67. The molecule has 0 saturated heterocycles. The summed E-state index contributed by atoms with van der Waals surface area (Å²) >= 11 is 0. The summed E-state index contributed by atoms with van der Waals surface area (Å²) in [4.78, 5) is 12.2. The topological polar surface area (TPSA) is 92.2 Å². The number of methoxy groups -OCH3 is 1. The molecule has 0 aliphatic heterocycles. The maximum Gasteiger partial charge on any atom is 0.319 e. The van der Waals surface area contributed by atoms with Gasteiger partial charge in [-0.25, -0.2) is 4.79 Å². The van der Waals surface area contributed by atoms with Gasteiger partial charge in [0.05, 0.1) is 30.2 Å². The number of ether oxygens (including phenoxy) is 1. The van der Waals surface area contributed by atoms with E-state index in [9.17, 15) is 4.79 Å². The van der Waals surface area contributed by atoms with Crippen LogP contribution in [0.1, 0.15) is 29.6 Å². The molecule has 2 heterocycles. The van der Waals surface area contributed by atoms with Gasteiger partial charge in [0.25, 0.3) is 0 Å². The summed E-state index contributed by atoms with van der Waals surface area (Å²) in [5, 5.41) is 13.6. The van der Waals surface area contributed by atoms with Gasteiger partial charge >= 0.3 is 6.03 Å². The Labute approximate surface area is 145 Å². The molecule has 0 spiro atoms. The fourth-order valence-corrected chi connectivity index (χ4v) is 2.79. The van der Waals surface area contributed by atoms with Crippen LogP contribution >= 0.6 is 0 Å². The summed E-state index contributed by atoms with van der Waals surface area (Å²) in [6, 6.07) is 7.29. The number of rotatable bonds is 6. The molecule has 0 bridgehead atoms. The van der Waals surface area contributed by atoms with Crippen molar-refractivity contribution in [3.63, 3.8) is 0 Å². The number of benzene rings is 1. The molecular formula is C18H22N4O3. The number of H-pyrrole nitrogens is 1. The molecule has 1 aromatic carbocycles. The second kappa shape index (κ2) is 7.40. The van der Waals surface area contributed by atoms with Crippen molar-refractivity contribution in [1.29, 1.82) is 0 Å². The van der Waals surface area contributed by atoms with Crippen molar-refractivity contribution in [3.8, 4) is 0 Å². The van der Waals surface area contributed by atoms with Crippen molar-refractivity contribution in [2.45, 2.75) is 33.4 Å². The molecule has 0 aliphatic rings. The van der Waals surface area contributed by atoms with Crippen LogP contribution in [0.5, 0.6) is 0 Å². The lowest BCUT2D eigenvalue weighted by molar-refractivity contribution is 0.181. The zero-order chi connectivity index (χ0) is 17.8. The predicted octanol–water partition coefficient (Wildman–Crippen LogP) is 3.49. The van der Waals surface area contributed by atoms with Gasteiger partial charge in [-0.05, 0) is 24.6 Å². The number of carbonyl (C=O) groups excluding carboxylic acids is 1. The lowest BCUT2D eigenvalue weighted by atomic mass is 10.1. The van der Waals surface area contributed by atoms with Gasteiger partial charge in [-0.3, -0.25) is 5.10 Å². The standard InChI is InChI=1S/C18H22N4O3/c1-4-16-11(2)14-6-5-7-15(17(14)25-16)20-18(23)19-9-12-8-13(10-24-3)22-21-12/h5-8H,4,9-10H2,1-3H3,(H,21,22)(H2,19,20,23). The number of carbonyl (C=O) groups is 1. The molecule has 3 N–H and O–H groups in total. The highest BCUT2D eigenvalue weighted by molar-refractivity contribution is 6.00. The number of anilines is 1. The van der Waals surface area contributed by atoms with E-state index in [1.54, 1.807) is 7.11 Å². The first-order valence-electron chi connectivity index (χ1n) is 8.20. The number of aromatic amines is 1. The van der Waals surface area contributed by atoms with Crippen LogP contribution in [0.2, 0.25) is 0 Å². The highest BCUT2D eigenvalue weighted by atomic mass is 16.5. The van der Waals surface area contributed by atoms with E-state index in [2.05, 4.69) is 20.8 Å². The van der Waals surface area contributed by atoms with E-state index in [1.807, 2.05) is 38.1 Å². The minimum absolute atomic E-state index is 0.303. The van der Waals surface area contributed by atoms with E-state index >= 15 is 0 Å². The number of nitrogens with one attached hydrogen (secondary N) is 3. The molecule has 2 aromatic heterocycles. The third-order valence-corrected chi connectivity index (χ3v) is 4.05. The number of urea groups is 1. The van der Waals surface area contributed by atoms with Crippen LogP contribution in [-0.2, 0) is 24.3 Å². The van der Waals surface area contributed by atoms with Crippen molar-refractivity contribution in [1.82, 2.24) is 15.5 Å². The Hall–Kier alpha value is -2.80. The van der Waals surface area contributed by atoms with E-state index in [4.69, 9.17) is 9.15 Å². The summed E-state index contributed by atoms with van der Waals surface area (Å²) in [6.45, 7) is 4.86. The van der Waals surface area contributed by atoms with Gasteiger partial charge in [0.1, 0.15) is 5.76 Å². The lowest BCUT2D eigenvalue weighted by Crippen LogP contribution is -2.28. The van der Waals surface area contributed by atoms with Crippen LogP contribution in [0, 0.1) is 6.92 Å². The number of aromatic nitrogens is 2. The fraction of sp³-hybridized carbons (Fsp3) is 0.333. The number of para-hydroxylation sites is 1. The number of amides is 2. The van der Waals surface area contributed by atoms with Gasteiger partial charge in [0.15, 0.2) is 5.58 Å². The maximum absolute atomic E-state index is 12.2. The van der Waals surface area contributed by atoms with Crippen molar-refractivity contribution >= 4 is 22.7 Å². The average molecular weight is 342 g/mol. The number of fused-ring (bicyclic) bond motifs is 1. The van der Waals surface area contributed by atoms with Crippen LogP contribution in [0.25, 0.3) is 11.0 Å². The van der Waals surface area contributed by atoms with Gasteiger partial charge in [-0.15, -0.1) is 0 Å². The normalized spacial score (nSPS) is 11.0. The van der Waals surface area contributed by atoms with Crippen LogP contribution in [0.4, 0.5) is 10.5 Å². The number of aryl methyl sites for hydroxylation is 2. The SMILES string of the molecule is CCc1oc2c(NC(=O)NCc3cc(COC)n[nH]3)cccc2c1C. The largest absolute Gasteiger partial charge is 0.459 e. The molecule has 132 valence electrons. The molecule has 7 nitrogen and oxygen atoms in total. The number of furan rings is 1. The van der Waals surface area contributed by atoms with E-state index in [0.29, 0.717) is 24.4 Å². The minimum atomic E-state index is -0.303. The van der Waals surface area contributed by atoms with Crippen LogP contribution < -0.4 is 10.6 Å². The summed E-state index contributed by atoms with van der Waals surface area (Å²) in [7, 11) is 1.61. The number of nitrogens with zero attached hydrogens (tertiary/aromatic N) is 1. The quantitative estimate of drug-likeness (QED) is 0.639. The molecular weight excluding hydrogens is 320 g/mol. The third-order valence-electron chi connectivity index (χ3n) is 4.05. The van der Waals surface area contributed by atoms with Crippen LogP contribution in [0.15, 0.2) is 28.7 Å². The third kappa shape index (κ3) is 3.66. The van der Waals surface area contributed by atoms with Gasteiger partial charge in [0.2, 0.25) is 0 Å². The van der Waals surface area contributed by atoms with Gasteiger partial charge in [-0.1, -0.05) is 19.1 Å². The Bertz CT molecular complexity index is 882. The first-order valence-corrected chi connectivity index (χ1v) is 8.20. The summed E-state index contributed by atoms with van der Waals surface area (Å²) in [6.07, 6.45) is 0.815. The first-order chi connectivity index (χ1) is 12.1. The van der Waals surface area contributed by atoms with Gasteiger partial charge in [-0.2, -0.15) is 5.10 Å². The first kappa shape index (κ1) is 17.0. The van der Waals surface area contributed by atoms with Crippen molar-refractivity contribution in [2.75, 3.05) is 12.4 Å². The average Bonchev–Trinajstić information content (AvgIpc) is 3.19. The lowest BCUT2D eigenvalue weighted by Gasteiger charge is -2.07. The van der Waals surface area contributed by atoms with E-state index in [-0.39, 0.29) is 6.03 Å². The summed E-state index contributed by atoms with van der Waals surface area (Å²) in [5.41, 5.74) is 4.08. The smallest absolute Gasteiger partial charge is 0.319 e. The van der Waals surface area contributed by atoms with E-state index in [0.717, 1.165) is 34.5 Å². The van der Waals surface area contributed by atoms with E-state index < -0.39 is 0 Å². The second-order valence-electron chi connectivity index (χ2n) is 5.81. The molecule has 0 fully saturated rings. The van der Waals surface area contributed by atoms with Crippen molar-refractivity contribution in [3.05, 3.63) is 47.0 Å². The van der Waals surface area contributed by atoms with Crippen LogP contribution in [0.3, 0.4) is 0 Å². The minimum Gasteiger partial charge on any atom is -0.459 e. The van der Waals surface area contributed by atoms with Gasteiger partial charge < -0.3 is 19.8 Å². The highest BCUT2D eigenvalue weighted by Gasteiger charge is 2.14. The highest BCUT2D eigenvalue weighted by Crippen LogP contribution is 2.31. The molecule has 0 unspecified atom stereocenters. The molecule has 3 aromatic rings. The molecule has 25 heavy (non-hydrogen) atoms. The molecule has 0 aliphatic carbocycles. The predicted molar refractivity (Wildman–Crippen MR) is 95.5 cm³/mol. The second-order valence-corrected chi connectivity index (χ2v) is 5.81. The molecule has 2 amide bonds. The summed E-state index contributed by atoms with van der Waals surface area (Å²) in [5.74, 6) is 0.938. The van der Waals surface area contributed by atoms with Gasteiger partial charge in [0, 0.05) is 18.9 Å². The monoisotopic (exact) mass is 342 g/mol. The Morgan fingerprint density at radius 2 is 2.24 bits per heavy atom. The van der Waals surface area contributed by atoms with Crippen LogP contribution in [-0.4, -0.2) is 23.3 Å². The Kier molecular flexibility index (Phi) is 5.04. The summed E-state index contributed by atoms with van der Waals surface area (Å²) < 4.78 is 10.9. The fourth-order valence-electron chi connectivity index (χ4n) is 2.79. The maximum atomic E-state index is 12.2. The molecule has 7 heteroatoms.